The quantitative estimate of drug-likeness (QED) is 0.642. The predicted octanol–water partition coefficient (Wildman–Crippen LogP) is 0.338. The van der Waals surface area contributed by atoms with Crippen LogP contribution in [0.25, 0.3) is 0 Å². The Labute approximate surface area is 142 Å². The standard InChI is InChI=1S/C18H26N4O2/c23-16-15(20-9-11-22-12-10-21-17(22)24)13-3-1-2-4-14(13)18(16)5-7-19-8-6-18/h1-4,15-16,19-20,23H,5-12H2,(H,21,24)/t15-,16+/m0/s1. The van der Waals surface area contributed by atoms with Gasteiger partial charge in [-0.05, 0) is 37.1 Å². The smallest absolute Gasteiger partial charge is 0.317 e. The number of urea groups is 1. The van der Waals surface area contributed by atoms with Crippen molar-refractivity contribution in [1.29, 1.82) is 0 Å². The Hall–Kier alpha value is -1.63. The second-order valence-electron chi connectivity index (χ2n) is 7.09. The van der Waals surface area contributed by atoms with Crippen molar-refractivity contribution < 1.29 is 9.90 Å². The maximum Gasteiger partial charge on any atom is 0.317 e. The molecule has 24 heavy (non-hydrogen) atoms. The van der Waals surface area contributed by atoms with Crippen LogP contribution in [0, 0.1) is 0 Å². The van der Waals surface area contributed by atoms with E-state index in [1.807, 2.05) is 11.0 Å². The van der Waals surface area contributed by atoms with Gasteiger partial charge < -0.3 is 26.0 Å². The van der Waals surface area contributed by atoms with Gasteiger partial charge in [0.15, 0.2) is 0 Å². The molecule has 4 rings (SSSR count). The topological polar surface area (TPSA) is 76.6 Å². The van der Waals surface area contributed by atoms with Crippen molar-refractivity contribution in [2.24, 2.45) is 0 Å². The lowest BCUT2D eigenvalue weighted by molar-refractivity contribution is 0.0441. The van der Waals surface area contributed by atoms with Crippen LogP contribution in [0.1, 0.15) is 30.0 Å². The van der Waals surface area contributed by atoms with E-state index >= 15 is 0 Å². The minimum atomic E-state index is -0.413. The number of aliphatic hydroxyl groups excluding tert-OH is 1. The number of fused-ring (bicyclic) bond motifs is 2. The fraction of sp³-hybridized carbons (Fsp3) is 0.611. The molecule has 0 unspecified atom stereocenters. The van der Waals surface area contributed by atoms with Crippen LogP contribution in [0.15, 0.2) is 24.3 Å². The highest BCUT2D eigenvalue weighted by Crippen LogP contribution is 2.49. The summed E-state index contributed by atoms with van der Waals surface area (Å²) in [5, 5.41) is 20.9. The molecule has 0 aromatic heterocycles. The first kappa shape index (κ1) is 15.9. The molecule has 1 aromatic carbocycles. The summed E-state index contributed by atoms with van der Waals surface area (Å²) in [4.78, 5) is 13.5. The van der Waals surface area contributed by atoms with E-state index in [4.69, 9.17) is 0 Å². The van der Waals surface area contributed by atoms with Crippen LogP contribution in [0.3, 0.4) is 0 Å². The summed E-state index contributed by atoms with van der Waals surface area (Å²) in [6, 6.07) is 8.40. The molecule has 0 saturated carbocycles. The van der Waals surface area contributed by atoms with Crippen molar-refractivity contribution in [2.45, 2.75) is 30.4 Å². The normalized spacial score (nSPS) is 28.2. The number of nitrogens with one attached hydrogen (secondary N) is 3. The molecular weight excluding hydrogens is 304 g/mol. The lowest BCUT2D eigenvalue weighted by Gasteiger charge is -2.39. The van der Waals surface area contributed by atoms with Gasteiger partial charge in [0, 0.05) is 31.6 Å². The van der Waals surface area contributed by atoms with Crippen LogP contribution in [0.5, 0.6) is 0 Å². The van der Waals surface area contributed by atoms with Gasteiger partial charge in [0.25, 0.3) is 0 Å². The van der Waals surface area contributed by atoms with Gasteiger partial charge in [-0.1, -0.05) is 24.3 Å². The second kappa shape index (κ2) is 6.35. The number of hydrogen-bond donors (Lipinski definition) is 4. The van der Waals surface area contributed by atoms with Gasteiger partial charge in [-0.3, -0.25) is 0 Å². The van der Waals surface area contributed by atoms with E-state index in [0.717, 1.165) is 39.0 Å². The monoisotopic (exact) mass is 330 g/mol. The van der Waals surface area contributed by atoms with Gasteiger partial charge >= 0.3 is 6.03 Å². The Balaban J connectivity index is 1.50. The van der Waals surface area contributed by atoms with Crippen molar-refractivity contribution in [1.82, 2.24) is 20.9 Å². The molecule has 2 heterocycles. The second-order valence-corrected chi connectivity index (χ2v) is 7.09. The number of aliphatic hydroxyl groups is 1. The summed E-state index contributed by atoms with van der Waals surface area (Å²) in [5.41, 5.74) is 2.39. The first-order valence-electron chi connectivity index (χ1n) is 8.97. The fourth-order valence-electron chi connectivity index (χ4n) is 4.61. The van der Waals surface area contributed by atoms with E-state index in [2.05, 4.69) is 34.1 Å². The number of hydrogen-bond acceptors (Lipinski definition) is 4. The summed E-state index contributed by atoms with van der Waals surface area (Å²) in [6.07, 6.45) is 1.53. The van der Waals surface area contributed by atoms with Crippen molar-refractivity contribution in [3.05, 3.63) is 35.4 Å². The average molecular weight is 330 g/mol. The number of carbonyl (C=O) groups excluding carboxylic acids is 1. The third-order valence-electron chi connectivity index (χ3n) is 5.90. The van der Waals surface area contributed by atoms with Gasteiger partial charge in [-0.25, -0.2) is 4.79 Å². The average Bonchev–Trinajstić information content (AvgIpc) is 3.12. The van der Waals surface area contributed by atoms with E-state index in [0.29, 0.717) is 13.1 Å². The molecule has 0 bridgehead atoms. The molecule has 2 saturated heterocycles. The highest BCUT2D eigenvalue weighted by molar-refractivity contribution is 5.76. The summed E-state index contributed by atoms with van der Waals surface area (Å²) in [5.74, 6) is 0. The van der Waals surface area contributed by atoms with Crippen molar-refractivity contribution >= 4 is 6.03 Å². The molecule has 6 nitrogen and oxygen atoms in total. The molecule has 2 aliphatic heterocycles. The van der Waals surface area contributed by atoms with Crippen LogP contribution >= 0.6 is 0 Å². The molecule has 0 radical (unpaired) electrons. The summed E-state index contributed by atoms with van der Waals surface area (Å²) >= 11 is 0. The number of piperidine rings is 1. The minimum absolute atomic E-state index is 0.0130. The molecule has 6 heteroatoms. The first-order valence-corrected chi connectivity index (χ1v) is 8.97. The number of rotatable bonds is 4. The van der Waals surface area contributed by atoms with Gasteiger partial charge in [-0.2, -0.15) is 0 Å². The van der Waals surface area contributed by atoms with E-state index in [1.165, 1.54) is 11.1 Å². The van der Waals surface area contributed by atoms with Gasteiger partial charge in [0.05, 0.1) is 12.1 Å². The summed E-state index contributed by atoms with van der Waals surface area (Å²) in [7, 11) is 0. The van der Waals surface area contributed by atoms with E-state index < -0.39 is 6.10 Å². The Morgan fingerprint density at radius 2 is 2.04 bits per heavy atom. The fourth-order valence-corrected chi connectivity index (χ4v) is 4.61. The highest BCUT2D eigenvalue weighted by atomic mass is 16.3. The molecule has 4 N–H and O–H groups in total. The van der Waals surface area contributed by atoms with Crippen molar-refractivity contribution in [3.8, 4) is 0 Å². The lowest BCUT2D eigenvalue weighted by Crippen LogP contribution is -2.48. The lowest BCUT2D eigenvalue weighted by atomic mass is 9.72. The predicted molar refractivity (Wildman–Crippen MR) is 91.9 cm³/mol. The highest BCUT2D eigenvalue weighted by Gasteiger charge is 2.51. The molecular formula is C18H26N4O2. The maximum absolute atomic E-state index is 11.6. The first-order chi connectivity index (χ1) is 11.7. The molecule has 130 valence electrons. The largest absolute Gasteiger partial charge is 0.390 e. The molecule has 2 atom stereocenters. The van der Waals surface area contributed by atoms with Gasteiger partial charge in [-0.15, -0.1) is 0 Å². The van der Waals surface area contributed by atoms with Crippen LogP contribution in [-0.4, -0.2) is 61.4 Å². The molecule has 3 aliphatic rings. The maximum atomic E-state index is 11.6. The van der Waals surface area contributed by atoms with Crippen molar-refractivity contribution in [2.75, 3.05) is 39.3 Å². The van der Waals surface area contributed by atoms with Gasteiger partial charge in [0.2, 0.25) is 0 Å². The number of amides is 2. The number of carbonyl (C=O) groups is 1. The van der Waals surface area contributed by atoms with Gasteiger partial charge in [0.1, 0.15) is 0 Å². The van der Waals surface area contributed by atoms with E-state index in [9.17, 15) is 9.90 Å². The Morgan fingerprint density at radius 1 is 1.25 bits per heavy atom. The van der Waals surface area contributed by atoms with Crippen LogP contribution in [0.4, 0.5) is 4.79 Å². The third kappa shape index (κ3) is 2.49. The van der Waals surface area contributed by atoms with Crippen LogP contribution in [0.2, 0.25) is 0 Å². The zero-order valence-corrected chi connectivity index (χ0v) is 13.9. The van der Waals surface area contributed by atoms with Crippen LogP contribution < -0.4 is 16.0 Å². The Kier molecular flexibility index (Phi) is 4.20. The molecule has 1 aromatic rings. The number of nitrogens with zero attached hydrogens (tertiary/aromatic N) is 1. The minimum Gasteiger partial charge on any atom is -0.390 e. The molecule has 2 amide bonds. The Morgan fingerprint density at radius 3 is 2.79 bits per heavy atom. The van der Waals surface area contributed by atoms with Crippen LogP contribution in [-0.2, 0) is 5.41 Å². The zero-order valence-electron chi connectivity index (χ0n) is 13.9. The van der Waals surface area contributed by atoms with Crippen molar-refractivity contribution in [3.63, 3.8) is 0 Å². The zero-order chi connectivity index (χ0) is 16.6. The van der Waals surface area contributed by atoms with E-state index in [1.54, 1.807) is 0 Å². The molecule has 1 spiro atoms. The summed E-state index contributed by atoms with van der Waals surface area (Å²) in [6.45, 7) is 4.76. The SMILES string of the molecule is O=C1NCCN1CCN[C@H]1c2ccccc2C2(CCNCC2)[C@@H]1O. The molecule has 1 aliphatic carbocycles. The third-order valence-corrected chi connectivity index (χ3v) is 5.90. The molecule has 2 fully saturated rings. The Bertz CT molecular complexity index is 615. The van der Waals surface area contributed by atoms with E-state index in [-0.39, 0.29) is 17.5 Å². The summed E-state index contributed by atoms with van der Waals surface area (Å²) < 4.78 is 0. The number of benzene rings is 1.